The van der Waals surface area contributed by atoms with Gasteiger partial charge in [0, 0.05) is 26.6 Å². The molecule has 2 heterocycles. The Morgan fingerprint density at radius 1 is 1.18 bits per heavy atom. The van der Waals surface area contributed by atoms with Crippen molar-refractivity contribution in [3.8, 4) is 5.75 Å². The van der Waals surface area contributed by atoms with Gasteiger partial charge in [0.1, 0.15) is 17.1 Å². The van der Waals surface area contributed by atoms with Crippen LogP contribution in [-0.4, -0.2) is 47.1 Å². The topological polar surface area (TPSA) is 143 Å². The number of nitrogens with two attached hydrogens (primary N) is 1. The molecule has 1 saturated heterocycles. The first kappa shape index (κ1) is 24.7. The number of aromatic nitrogens is 2. The van der Waals surface area contributed by atoms with Gasteiger partial charge in [-0.05, 0) is 18.1 Å². The number of ketones is 1. The molecule has 1 atom stereocenters. The van der Waals surface area contributed by atoms with Crippen LogP contribution in [-0.2, 0) is 27.9 Å². The van der Waals surface area contributed by atoms with Crippen molar-refractivity contribution in [2.24, 2.45) is 18.9 Å². The first-order chi connectivity index (χ1) is 16.1. The fraction of sp³-hybridized carbons (Fsp3) is 0.435. The average molecular weight is 472 g/mol. The number of nitrogen functional groups attached to an aromatic ring is 1. The molecule has 1 aromatic carbocycles. The van der Waals surface area contributed by atoms with Gasteiger partial charge >= 0.3 is 11.7 Å². The molecule has 11 nitrogen and oxygen atoms in total. The molecule has 0 spiro atoms. The molecular formula is C23H28N4O7. The van der Waals surface area contributed by atoms with Crippen LogP contribution in [0.25, 0.3) is 0 Å². The van der Waals surface area contributed by atoms with E-state index in [2.05, 4.69) is 0 Å². The highest BCUT2D eigenvalue weighted by atomic mass is 16.5. The lowest BCUT2D eigenvalue weighted by Gasteiger charge is -2.19. The standard InChI is InChI=1S/C23H28N4O7/c1-13(2)10-27-20(24)19(21(30)25(3)23(27)32)16(28)12-34-22(31)14-9-18(29)26(11-14)15-7-5-6-8-17(15)33-4/h5-8,13-14H,9-12,24H2,1-4H3/t14-/m1/s1. The number of amides is 1. The van der Waals surface area contributed by atoms with E-state index < -0.39 is 41.1 Å². The van der Waals surface area contributed by atoms with E-state index in [-0.39, 0.29) is 37.2 Å². The number of methoxy groups -OCH3 is 1. The minimum atomic E-state index is -0.859. The van der Waals surface area contributed by atoms with Crippen LogP contribution in [0.1, 0.15) is 30.6 Å². The molecule has 1 aromatic heterocycles. The second kappa shape index (κ2) is 9.94. The highest BCUT2D eigenvalue weighted by molar-refractivity contribution is 6.03. The number of carbonyl (C=O) groups excluding carboxylic acids is 3. The van der Waals surface area contributed by atoms with Gasteiger partial charge in [-0.2, -0.15) is 0 Å². The van der Waals surface area contributed by atoms with Crippen LogP contribution in [0.15, 0.2) is 33.9 Å². The van der Waals surface area contributed by atoms with E-state index in [1.54, 1.807) is 24.3 Å². The lowest BCUT2D eigenvalue weighted by Crippen LogP contribution is -2.43. The molecule has 0 aliphatic carbocycles. The van der Waals surface area contributed by atoms with E-state index in [1.165, 1.54) is 19.1 Å². The molecule has 0 saturated carbocycles. The van der Waals surface area contributed by atoms with Crippen molar-refractivity contribution in [2.75, 3.05) is 30.9 Å². The molecule has 34 heavy (non-hydrogen) atoms. The number of hydrogen-bond donors (Lipinski definition) is 1. The molecule has 1 aliphatic heterocycles. The van der Waals surface area contributed by atoms with Crippen LogP contribution < -0.4 is 26.6 Å². The maximum Gasteiger partial charge on any atom is 0.332 e. The summed E-state index contributed by atoms with van der Waals surface area (Å²) in [5.41, 5.74) is 4.62. The van der Waals surface area contributed by atoms with Crippen LogP contribution >= 0.6 is 0 Å². The quantitative estimate of drug-likeness (QED) is 0.434. The van der Waals surface area contributed by atoms with E-state index in [0.29, 0.717) is 11.4 Å². The normalized spacial score (nSPS) is 15.6. The molecule has 2 N–H and O–H groups in total. The summed E-state index contributed by atoms with van der Waals surface area (Å²) < 4.78 is 12.4. The summed E-state index contributed by atoms with van der Waals surface area (Å²) in [6, 6.07) is 6.93. The number of rotatable bonds is 8. The Labute approximate surface area is 195 Å². The molecule has 11 heteroatoms. The molecule has 0 radical (unpaired) electrons. The Morgan fingerprint density at radius 2 is 1.85 bits per heavy atom. The summed E-state index contributed by atoms with van der Waals surface area (Å²) in [4.78, 5) is 64.2. The summed E-state index contributed by atoms with van der Waals surface area (Å²) in [6.07, 6.45) is -0.0890. The second-order valence-corrected chi connectivity index (χ2v) is 8.52. The van der Waals surface area contributed by atoms with Crippen molar-refractivity contribution in [1.29, 1.82) is 0 Å². The van der Waals surface area contributed by atoms with Crippen molar-refractivity contribution >= 4 is 29.2 Å². The maximum absolute atomic E-state index is 12.8. The van der Waals surface area contributed by atoms with Crippen LogP contribution in [0.3, 0.4) is 0 Å². The monoisotopic (exact) mass is 472 g/mol. The zero-order valence-corrected chi connectivity index (χ0v) is 19.6. The van der Waals surface area contributed by atoms with E-state index >= 15 is 0 Å². The third-order valence-electron chi connectivity index (χ3n) is 5.59. The van der Waals surface area contributed by atoms with Crippen molar-refractivity contribution in [3.63, 3.8) is 0 Å². The Kier molecular flexibility index (Phi) is 7.23. The minimum absolute atomic E-state index is 0.0318. The molecule has 182 valence electrons. The van der Waals surface area contributed by atoms with E-state index in [1.807, 2.05) is 13.8 Å². The highest BCUT2D eigenvalue weighted by Crippen LogP contribution is 2.33. The number of nitrogens with zero attached hydrogens (tertiary/aromatic N) is 3. The molecule has 0 unspecified atom stereocenters. The minimum Gasteiger partial charge on any atom is -0.495 e. The predicted octanol–water partition coefficient (Wildman–Crippen LogP) is 0.573. The Hall–Kier alpha value is -3.89. The summed E-state index contributed by atoms with van der Waals surface area (Å²) in [5.74, 6) is -2.38. The summed E-state index contributed by atoms with van der Waals surface area (Å²) in [7, 11) is 2.73. The van der Waals surface area contributed by atoms with Crippen molar-refractivity contribution < 1.29 is 23.9 Å². The van der Waals surface area contributed by atoms with Crippen LogP contribution in [0, 0.1) is 11.8 Å². The number of Topliss-reactive ketones (excluding diaryl/α,β-unsaturated/α-hetero) is 1. The van der Waals surface area contributed by atoms with Gasteiger partial charge in [0.15, 0.2) is 6.61 Å². The average Bonchev–Trinajstić information content (AvgIpc) is 3.20. The number of anilines is 2. The maximum atomic E-state index is 12.8. The molecular weight excluding hydrogens is 444 g/mol. The lowest BCUT2D eigenvalue weighted by atomic mass is 10.1. The van der Waals surface area contributed by atoms with Gasteiger partial charge in [-0.3, -0.25) is 28.3 Å². The van der Waals surface area contributed by atoms with Gasteiger partial charge in [-0.1, -0.05) is 26.0 Å². The lowest BCUT2D eigenvalue weighted by molar-refractivity contribution is -0.147. The van der Waals surface area contributed by atoms with Crippen molar-refractivity contribution in [2.45, 2.75) is 26.8 Å². The largest absolute Gasteiger partial charge is 0.495 e. The number of carbonyl (C=O) groups is 3. The molecule has 1 fully saturated rings. The van der Waals surface area contributed by atoms with Gasteiger partial charge in [0.05, 0.1) is 18.7 Å². The predicted molar refractivity (Wildman–Crippen MR) is 124 cm³/mol. The number of benzene rings is 1. The number of hydrogen-bond acceptors (Lipinski definition) is 8. The van der Waals surface area contributed by atoms with E-state index in [9.17, 15) is 24.0 Å². The smallest absolute Gasteiger partial charge is 0.332 e. The zero-order valence-electron chi connectivity index (χ0n) is 19.6. The Balaban J connectivity index is 1.74. The third-order valence-corrected chi connectivity index (χ3v) is 5.59. The molecule has 3 rings (SSSR count). The summed E-state index contributed by atoms with van der Waals surface area (Å²) in [6.45, 7) is 3.25. The van der Waals surface area contributed by atoms with Gasteiger partial charge in [-0.25, -0.2) is 4.79 Å². The van der Waals surface area contributed by atoms with Gasteiger partial charge in [0.25, 0.3) is 5.56 Å². The molecule has 0 bridgehead atoms. The number of ether oxygens (including phenoxy) is 2. The molecule has 1 amide bonds. The molecule has 2 aromatic rings. The SMILES string of the molecule is COc1ccccc1N1C[C@H](C(=O)OCC(=O)c2c(N)n(CC(C)C)c(=O)n(C)c2=O)CC1=O. The van der Waals surface area contributed by atoms with Gasteiger partial charge < -0.3 is 20.1 Å². The van der Waals surface area contributed by atoms with Crippen LogP contribution in [0.4, 0.5) is 11.5 Å². The molecule has 1 aliphatic rings. The number of esters is 1. The zero-order chi connectivity index (χ0) is 25.2. The van der Waals surface area contributed by atoms with Crippen LogP contribution in [0.5, 0.6) is 5.75 Å². The summed E-state index contributed by atoms with van der Waals surface area (Å²) >= 11 is 0. The van der Waals surface area contributed by atoms with Gasteiger partial charge in [0.2, 0.25) is 11.7 Å². The van der Waals surface area contributed by atoms with E-state index in [4.69, 9.17) is 15.2 Å². The van der Waals surface area contributed by atoms with Crippen molar-refractivity contribution in [3.05, 3.63) is 50.7 Å². The Bertz CT molecular complexity index is 1240. The second-order valence-electron chi connectivity index (χ2n) is 8.52. The van der Waals surface area contributed by atoms with Gasteiger partial charge in [-0.15, -0.1) is 0 Å². The summed E-state index contributed by atoms with van der Waals surface area (Å²) in [5, 5.41) is 0. The Morgan fingerprint density at radius 3 is 2.50 bits per heavy atom. The fourth-order valence-electron chi connectivity index (χ4n) is 3.86. The van der Waals surface area contributed by atoms with E-state index in [0.717, 1.165) is 9.13 Å². The first-order valence-corrected chi connectivity index (χ1v) is 10.8. The van der Waals surface area contributed by atoms with Crippen LogP contribution in [0.2, 0.25) is 0 Å². The highest BCUT2D eigenvalue weighted by Gasteiger charge is 2.37. The number of para-hydroxylation sites is 2. The fourth-order valence-corrected chi connectivity index (χ4v) is 3.86. The first-order valence-electron chi connectivity index (χ1n) is 10.8. The van der Waals surface area contributed by atoms with Crippen molar-refractivity contribution in [1.82, 2.24) is 9.13 Å². The third kappa shape index (κ3) is 4.73.